The fraction of sp³-hybridized carbons (Fsp3) is 0.562. The van der Waals surface area contributed by atoms with Gasteiger partial charge in [-0.1, -0.05) is 13.3 Å². The van der Waals surface area contributed by atoms with Crippen LogP contribution in [0.4, 0.5) is 0 Å². The topological polar surface area (TPSA) is 49.6 Å². The van der Waals surface area contributed by atoms with Crippen LogP contribution in [0.2, 0.25) is 0 Å². The fourth-order valence-electron chi connectivity index (χ4n) is 3.26. The molecule has 0 aliphatic heterocycles. The molecule has 2 aromatic rings. The van der Waals surface area contributed by atoms with Crippen LogP contribution < -0.4 is 5.32 Å². The molecule has 2 heterocycles. The summed E-state index contributed by atoms with van der Waals surface area (Å²) in [4.78, 5) is 4.45. The molecular weight excluding hydrogens is 250 g/mol. The van der Waals surface area contributed by atoms with Gasteiger partial charge in [0.05, 0.1) is 11.9 Å². The maximum atomic E-state index is 9.60. The molecular formula is C16H23N3O. The van der Waals surface area contributed by atoms with Crippen LogP contribution in [0.5, 0.6) is 0 Å². The number of fused-ring (bicyclic) bond motifs is 1. The molecule has 1 saturated carbocycles. The van der Waals surface area contributed by atoms with E-state index < -0.39 is 0 Å². The van der Waals surface area contributed by atoms with Crippen LogP contribution in [0.1, 0.15) is 37.4 Å². The third kappa shape index (κ3) is 2.34. The molecule has 0 aromatic carbocycles. The van der Waals surface area contributed by atoms with Crippen LogP contribution in [0.15, 0.2) is 24.5 Å². The fourth-order valence-corrected chi connectivity index (χ4v) is 3.26. The predicted molar refractivity (Wildman–Crippen MR) is 79.6 cm³/mol. The Hall–Kier alpha value is -1.39. The summed E-state index contributed by atoms with van der Waals surface area (Å²) in [6.45, 7) is 5.31. The first-order valence-electron chi connectivity index (χ1n) is 7.39. The van der Waals surface area contributed by atoms with E-state index in [1.54, 1.807) is 0 Å². The van der Waals surface area contributed by atoms with Gasteiger partial charge in [0, 0.05) is 30.8 Å². The van der Waals surface area contributed by atoms with Crippen molar-refractivity contribution in [3.63, 3.8) is 0 Å². The van der Waals surface area contributed by atoms with Crippen molar-refractivity contribution in [2.75, 3.05) is 6.61 Å². The van der Waals surface area contributed by atoms with Gasteiger partial charge < -0.3 is 14.8 Å². The summed E-state index contributed by atoms with van der Waals surface area (Å²) in [5, 5.41) is 13.2. The molecule has 3 rings (SSSR count). The Bertz CT molecular complexity index is 607. The van der Waals surface area contributed by atoms with Crippen molar-refractivity contribution >= 4 is 5.65 Å². The van der Waals surface area contributed by atoms with Crippen molar-refractivity contribution in [2.24, 2.45) is 5.41 Å². The molecule has 108 valence electrons. The van der Waals surface area contributed by atoms with Gasteiger partial charge in [0.15, 0.2) is 0 Å². The Balaban J connectivity index is 1.74. The second kappa shape index (κ2) is 5.19. The van der Waals surface area contributed by atoms with E-state index in [1.807, 2.05) is 6.20 Å². The quantitative estimate of drug-likeness (QED) is 0.898. The van der Waals surface area contributed by atoms with E-state index in [2.05, 4.69) is 46.9 Å². The third-order valence-electron chi connectivity index (χ3n) is 4.72. The average Bonchev–Trinajstić information content (AvgIpc) is 3.00. The molecule has 2 atom stereocenters. The smallest absolute Gasteiger partial charge is 0.137 e. The first-order valence-corrected chi connectivity index (χ1v) is 7.39. The number of aromatic nitrogens is 2. The van der Waals surface area contributed by atoms with E-state index in [0.29, 0.717) is 6.04 Å². The van der Waals surface area contributed by atoms with Crippen LogP contribution in [0.3, 0.4) is 0 Å². The normalized spacial score (nSPS) is 26.4. The highest BCUT2D eigenvalue weighted by atomic mass is 16.3. The Morgan fingerprint density at radius 2 is 2.40 bits per heavy atom. The zero-order chi connectivity index (χ0) is 14.2. The highest BCUT2D eigenvalue weighted by Gasteiger charge is 2.37. The molecule has 0 bridgehead atoms. The summed E-state index contributed by atoms with van der Waals surface area (Å²) in [6, 6.07) is 4.59. The molecule has 1 aliphatic carbocycles. The zero-order valence-electron chi connectivity index (χ0n) is 12.3. The molecule has 4 heteroatoms. The first kappa shape index (κ1) is 13.6. The van der Waals surface area contributed by atoms with Crippen molar-refractivity contribution in [2.45, 2.75) is 45.7 Å². The molecule has 0 saturated heterocycles. The van der Waals surface area contributed by atoms with E-state index >= 15 is 0 Å². The summed E-state index contributed by atoms with van der Waals surface area (Å²) in [7, 11) is 0. The summed E-state index contributed by atoms with van der Waals surface area (Å²) in [5.74, 6) is 0. The standard InChI is InChI=1S/C16H23N3O/c1-12-5-7-19-13(10-18-15(19)8-12)9-17-14-4-3-6-16(14,2)11-20/h5,7-8,10,14,17,20H,3-4,6,9,11H2,1-2H3. The highest BCUT2D eigenvalue weighted by Crippen LogP contribution is 2.37. The van der Waals surface area contributed by atoms with Gasteiger partial charge in [0.1, 0.15) is 5.65 Å². The Labute approximate surface area is 119 Å². The SMILES string of the molecule is Cc1ccn2c(CNC3CCCC3(C)CO)cnc2c1. The molecule has 1 aliphatic rings. The van der Waals surface area contributed by atoms with Crippen molar-refractivity contribution in [3.05, 3.63) is 35.8 Å². The van der Waals surface area contributed by atoms with E-state index in [1.165, 1.54) is 17.7 Å². The number of imidazole rings is 1. The number of hydrogen-bond donors (Lipinski definition) is 2. The van der Waals surface area contributed by atoms with E-state index in [0.717, 1.165) is 25.0 Å². The van der Waals surface area contributed by atoms with E-state index in [9.17, 15) is 5.11 Å². The molecule has 1 fully saturated rings. The second-order valence-corrected chi connectivity index (χ2v) is 6.32. The van der Waals surface area contributed by atoms with Crippen LogP contribution in [0, 0.1) is 12.3 Å². The molecule has 0 radical (unpaired) electrons. The molecule has 2 aromatic heterocycles. The number of nitrogens with one attached hydrogen (secondary N) is 1. The molecule has 2 unspecified atom stereocenters. The Morgan fingerprint density at radius 1 is 1.55 bits per heavy atom. The van der Waals surface area contributed by atoms with Gasteiger partial charge in [-0.15, -0.1) is 0 Å². The number of pyridine rings is 1. The molecule has 4 nitrogen and oxygen atoms in total. The lowest BCUT2D eigenvalue weighted by Gasteiger charge is -2.30. The van der Waals surface area contributed by atoms with Gasteiger partial charge >= 0.3 is 0 Å². The summed E-state index contributed by atoms with van der Waals surface area (Å²) in [6.07, 6.45) is 7.46. The monoisotopic (exact) mass is 273 g/mol. The largest absolute Gasteiger partial charge is 0.396 e. The Kier molecular flexibility index (Phi) is 3.52. The van der Waals surface area contributed by atoms with Crippen molar-refractivity contribution in [1.82, 2.24) is 14.7 Å². The predicted octanol–water partition coefficient (Wildman–Crippen LogP) is 2.28. The van der Waals surface area contributed by atoms with Gasteiger partial charge in [-0.2, -0.15) is 0 Å². The maximum Gasteiger partial charge on any atom is 0.137 e. The van der Waals surface area contributed by atoms with Gasteiger partial charge in [0.25, 0.3) is 0 Å². The highest BCUT2D eigenvalue weighted by molar-refractivity contribution is 5.42. The van der Waals surface area contributed by atoms with E-state index in [4.69, 9.17) is 0 Å². The van der Waals surface area contributed by atoms with Crippen LogP contribution >= 0.6 is 0 Å². The molecule has 0 amide bonds. The summed E-state index contributed by atoms with van der Waals surface area (Å²) < 4.78 is 2.13. The third-order valence-corrected chi connectivity index (χ3v) is 4.72. The first-order chi connectivity index (χ1) is 9.62. The maximum absolute atomic E-state index is 9.60. The molecule has 20 heavy (non-hydrogen) atoms. The zero-order valence-corrected chi connectivity index (χ0v) is 12.3. The number of rotatable bonds is 4. The van der Waals surface area contributed by atoms with Crippen molar-refractivity contribution < 1.29 is 5.11 Å². The second-order valence-electron chi connectivity index (χ2n) is 6.32. The van der Waals surface area contributed by atoms with Gasteiger partial charge in [-0.3, -0.25) is 0 Å². The minimum atomic E-state index is 0.0249. The number of aliphatic hydroxyl groups excluding tert-OH is 1. The minimum absolute atomic E-state index is 0.0249. The number of nitrogens with zero attached hydrogens (tertiary/aromatic N) is 2. The van der Waals surface area contributed by atoms with Crippen molar-refractivity contribution in [1.29, 1.82) is 0 Å². The van der Waals surface area contributed by atoms with Crippen LogP contribution in [-0.2, 0) is 6.54 Å². The number of aliphatic hydroxyl groups is 1. The van der Waals surface area contributed by atoms with Gasteiger partial charge in [-0.05, 0) is 37.5 Å². The summed E-state index contributed by atoms with van der Waals surface area (Å²) in [5.41, 5.74) is 3.42. The van der Waals surface area contributed by atoms with Gasteiger partial charge in [0.2, 0.25) is 0 Å². The molecule has 0 spiro atoms. The van der Waals surface area contributed by atoms with Crippen LogP contribution in [-0.4, -0.2) is 27.1 Å². The van der Waals surface area contributed by atoms with Crippen molar-refractivity contribution in [3.8, 4) is 0 Å². The molecule has 2 N–H and O–H groups in total. The van der Waals surface area contributed by atoms with Crippen LogP contribution in [0.25, 0.3) is 5.65 Å². The lowest BCUT2D eigenvalue weighted by molar-refractivity contribution is 0.118. The van der Waals surface area contributed by atoms with E-state index in [-0.39, 0.29) is 12.0 Å². The van der Waals surface area contributed by atoms with Gasteiger partial charge in [-0.25, -0.2) is 4.98 Å². The lowest BCUT2D eigenvalue weighted by atomic mass is 9.86. The number of hydrogen-bond acceptors (Lipinski definition) is 3. The minimum Gasteiger partial charge on any atom is -0.396 e. The lowest BCUT2D eigenvalue weighted by Crippen LogP contribution is -2.41. The number of aryl methyl sites for hydroxylation is 1. The summed E-state index contributed by atoms with van der Waals surface area (Å²) >= 11 is 0. The Morgan fingerprint density at radius 3 is 3.20 bits per heavy atom. The average molecular weight is 273 g/mol.